The summed E-state index contributed by atoms with van der Waals surface area (Å²) < 4.78 is 5.48. The molecule has 0 bridgehead atoms. The summed E-state index contributed by atoms with van der Waals surface area (Å²) in [6.45, 7) is 1.91. The maximum Gasteiger partial charge on any atom is 0.223 e. The van der Waals surface area contributed by atoms with Crippen LogP contribution >= 0.6 is 0 Å². The van der Waals surface area contributed by atoms with Gasteiger partial charge in [0.25, 0.3) is 0 Å². The average molecular weight is 380 g/mol. The van der Waals surface area contributed by atoms with Crippen molar-refractivity contribution in [1.82, 2.24) is 15.0 Å². The summed E-state index contributed by atoms with van der Waals surface area (Å²) in [6.07, 6.45) is 6.84. The molecule has 3 N–H and O–H groups in total. The Balaban J connectivity index is 1.66. The number of hydrogen-bond donors (Lipinski definition) is 2. The molecule has 0 spiro atoms. The second-order valence-corrected chi connectivity index (χ2v) is 7.02. The third-order valence-corrected chi connectivity index (χ3v) is 4.98. The van der Waals surface area contributed by atoms with E-state index in [0.717, 1.165) is 53.7 Å². The minimum Gasteiger partial charge on any atom is -0.480 e. The number of ether oxygens (including phenoxy) is 1. The lowest BCUT2D eigenvalue weighted by Gasteiger charge is -2.10. The van der Waals surface area contributed by atoms with Gasteiger partial charge in [0.15, 0.2) is 0 Å². The third-order valence-electron chi connectivity index (χ3n) is 4.98. The highest BCUT2D eigenvalue weighted by atomic mass is 16.5. The van der Waals surface area contributed by atoms with Gasteiger partial charge in [-0.2, -0.15) is 0 Å². The number of methoxy groups -OCH3 is 1. The van der Waals surface area contributed by atoms with Crippen LogP contribution in [0.15, 0.2) is 36.5 Å². The monoisotopic (exact) mass is 380 g/mol. The highest BCUT2D eigenvalue weighted by Gasteiger charge is 2.15. The van der Waals surface area contributed by atoms with E-state index in [1.54, 1.807) is 13.3 Å². The van der Waals surface area contributed by atoms with Gasteiger partial charge >= 0.3 is 0 Å². The minimum atomic E-state index is -0.157. The van der Waals surface area contributed by atoms with Gasteiger partial charge in [-0.25, -0.2) is 9.97 Å². The first-order valence-corrected chi connectivity index (χ1v) is 9.88. The van der Waals surface area contributed by atoms with Crippen molar-refractivity contribution in [1.29, 1.82) is 0 Å². The molecule has 0 unspecified atom stereocenters. The van der Waals surface area contributed by atoms with Crippen molar-refractivity contribution >= 4 is 16.7 Å². The number of hydrogen-bond acceptors (Lipinski definition) is 5. The van der Waals surface area contributed by atoms with E-state index in [0.29, 0.717) is 24.5 Å². The molecule has 0 radical (unpaired) electrons. The SMILES string of the molecule is CCC(=O)CCCCC[C@H](N)c1ncc(-c2cc3ccccc3nc2OC)[nH]1. The predicted molar refractivity (Wildman–Crippen MR) is 111 cm³/mol. The van der Waals surface area contributed by atoms with Gasteiger partial charge in [-0.05, 0) is 25.0 Å². The molecule has 0 aliphatic carbocycles. The molecule has 28 heavy (non-hydrogen) atoms. The summed E-state index contributed by atoms with van der Waals surface area (Å²) in [4.78, 5) is 23.7. The molecule has 1 aromatic carbocycles. The van der Waals surface area contributed by atoms with Crippen LogP contribution in [0.2, 0.25) is 0 Å². The van der Waals surface area contributed by atoms with Crippen LogP contribution in [0.3, 0.4) is 0 Å². The van der Waals surface area contributed by atoms with Crippen LogP contribution in [-0.2, 0) is 4.79 Å². The first-order chi connectivity index (χ1) is 13.6. The lowest BCUT2D eigenvalue weighted by atomic mass is 10.1. The number of imidazole rings is 1. The summed E-state index contributed by atoms with van der Waals surface area (Å²) >= 11 is 0. The van der Waals surface area contributed by atoms with E-state index in [-0.39, 0.29) is 6.04 Å². The van der Waals surface area contributed by atoms with Gasteiger partial charge in [0.2, 0.25) is 5.88 Å². The number of ketones is 1. The number of nitrogens with zero attached hydrogens (tertiary/aromatic N) is 2. The van der Waals surface area contributed by atoms with Gasteiger partial charge in [0, 0.05) is 18.2 Å². The van der Waals surface area contributed by atoms with Gasteiger partial charge in [0.05, 0.1) is 36.1 Å². The zero-order valence-corrected chi connectivity index (χ0v) is 16.6. The van der Waals surface area contributed by atoms with Gasteiger partial charge in [-0.1, -0.05) is 38.0 Å². The van der Waals surface area contributed by atoms with Crippen molar-refractivity contribution < 1.29 is 9.53 Å². The lowest BCUT2D eigenvalue weighted by molar-refractivity contribution is -0.118. The smallest absolute Gasteiger partial charge is 0.223 e. The lowest BCUT2D eigenvalue weighted by Crippen LogP contribution is -2.12. The van der Waals surface area contributed by atoms with Crippen LogP contribution in [0.5, 0.6) is 5.88 Å². The molecule has 0 fully saturated rings. The summed E-state index contributed by atoms with van der Waals surface area (Å²) in [7, 11) is 1.62. The number of Topliss-reactive ketones (excluding diaryl/α,β-unsaturated/α-hetero) is 1. The van der Waals surface area contributed by atoms with Gasteiger partial charge in [-0.3, -0.25) is 4.79 Å². The van der Waals surface area contributed by atoms with Crippen LogP contribution in [0.25, 0.3) is 22.2 Å². The third kappa shape index (κ3) is 4.75. The molecule has 1 atom stereocenters. The number of carbonyl (C=O) groups excluding carboxylic acids is 1. The average Bonchev–Trinajstić information content (AvgIpc) is 3.22. The van der Waals surface area contributed by atoms with E-state index in [2.05, 4.69) is 21.0 Å². The first-order valence-electron chi connectivity index (χ1n) is 9.88. The Morgan fingerprint density at radius 1 is 1.25 bits per heavy atom. The fourth-order valence-electron chi connectivity index (χ4n) is 3.29. The number of unbranched alkanes of at least 4 members (excludes halogenated alkanes) is 2. The Labute approximate surface area is 165 Å². The van der Waals surface area contributed by atoms with Crippen molar-refractivity contribution in [3.63, 3.8) is 0 Å². The second kappa shape index (κ2) is 9.46. The van der Waals surface area contributed by atoms with Crippen molar-refractivity contribution in [2.75, 3.05) is 7.11 Å². The first kappa shape index (κ1) is 20.0. The van der Waals surface area contributed by atoms with Crippen LogP contribution in [-0.4, -0.2) is 27.8 Å². The molecule has 148 valence electrons. The maximum absolute atomic E-state index is 11.3. The number of fused-ring (bicyclic) bond motifs is 1. The van der Waals surface area contributed by atoms with Crippen molar-refractivity contribution in [3.05, 3.63) is 42.4 Å². The number of carbonyl (C=O) groups is 1. The number of benzene rings is 1. The van der Waals surface area contributed by atoms with Crippen LogP contribution in [0, 0.1) is 0 Å². The molecule has 0 saturated carbocycles. The summed E-state index contributed by atoms with van der Waals surface area (Å²) in [6, 6.07) is 9.83. The number of rotatable bonds is 10. The predicted octanol–water partition coefficient (Wildman–Crippen LogP) is 4.56. The summed E-state index contributed by atoms with van der Waals surface area (Å²) in [5.74, 6) is 1.65. The largest absolute Gasteiger partial charge is 0.480 e. The maximum atomic E-state index is 11.3. The quantitative estimate of drug-likeness (QED) is 0.503. The van der Waals surface area contributed by atoms with Crippen molar-refractivity contribution in [2.45, 2.75) is 51.5 Å². The zero-order valence-electron chi connectivity index (χ0n) is 16.6. The van der Waals surface area contributed by atoms with Crippen LogP contribution < -0.4 is 10.5 Å². The van der Waals surface area contributed by atoms with Crippen LogP contribution in [0.4, 0.5) is 0 Å². The fourth-order valence-corrected chi connectivity index (χ4v) is 3.29. The van der Waals surface area contributed by atoms with Crippen molar-refractivity contribution in [3.8, 4) is 17.1 Å². The van der Waals surface area contributed by atoms with E-state index in [1.165, 1.54) is 0 Å². The Bertz CT molecular complexity index is 935. The molecule has 3 aromatic rings. The molecule has 6 nitrogen and oxygen atoms in total. The number of pyridine rings is 1. The topological polar surface area (TPSA) is 93.9 Å². The number of aromatic nitrogens is 3. The molecule has 0 aliphatic heterocycles. The number of nitrogens with one attached hydrogen (secondary N) is 1. The van der Waals surface area contributed by atoms with E-state index in [9.17, 15) is 4.79 Å². The number of para-hydroxylation sites is 1. The molecule has 3 rings (SSSR count). The van der Waals surface area contributed by atoms with Gasteiger partial charge < -0.3 is 15.5 Å². The molecule has 0 saturated heterocycles. The molecular formula is C22H28N4O2. The Hall–Kier alpha value is -2.73. The minimum absolute atomic E-state index is 0.157. The molecule has 2 heterocycles. The second-order valence-electron chi connectivity index (χ2n) is 7.02. The number of nitrogens with two attached hydrogens (primary N) is 1. The van der Waals surface area contributed by atoms with E-state index in [1.807, 2.05) is 31.2 Å². The van der Waals surface area contributed by atoms with E-state index < -0.39 is 0 Å². The molecule has 0 amide bonds. The highest BCUT2D eigenvalue weighted by molar-refractivity contribution is 5.85. The Morgan fingerprint density at radius 3 is 2.86 bits per heavy atom. The van der Waals surface area contributed by atoms with E-state index in [4.69, 9.17) is 10.5 Å². The zero-order chi connectivity index (χ0) is 19.9. The highest BCUT2D eigenvalue weighted by Crippen LogP contribution is 2.31. The van der Waals surface area contributed by atoms with Gasteiger partial charge in [-0.15, -0.1) is 0 Å². The Morgan fingerprint density at radius 2 is 2.07 bits per heavy atom. The molecule has 2 aromatic heterocycles. The number of H-pyrrole nitrogens is 1. The van der Waals surface area contributed by atoms with Gasteiger partial charge in [0.1, 0.15) is 11.6 Å². The van der Waals surface area contributed by atoms with Crippen molar-refractivity contribution in [2.24, 2.45) is 5.73 Å². The molecular weight excluding hydrogens is 352 g/mol. The number of aromatic amines is 1. The Kier molecular flexibility index (Phi) is 6.76. The fraction of sp³-hybridized carbons (Fsp3) is 0.409. The van der Waals surface area contributed by atoms with Crippen LogP contribution in [0.1, 0.15) is 57.3 Å². The standard InChI is InChI=1S/C22H28N4O2/c1-3-16(27)10-5-4-6-11-18(23)21-24-14-20(25-21)17-13-15-9-7-8-12-19(15)26-22(17)28-2/h7-9,12-14,18H,3-6,10-11,23H2,1-2H3,(H,24,25)/t18-/m0/s1. The van der Waals surface area contributed by atoms with E-state index >= 15 is 0 Å². The molecule has 0 aliphatic rings. The summed E-state index contributed by atoms with van der Waals surface area (Å²) in [5.41, 5.74) is 8.91. The molecule has 6 heteroatoms. The normalized spacial score (nSPS) is 12.2. The summed E-state index contributed by atoms with van der Waals surface area (Å²) in [5, 5.41) is 1.04.